The number of rotatable bonds is 3. The topological polar surface area (TPSA) is 6.48 Å². The van der Waals surface area contributed by atoms with Crippen molar-refractivity contribution in [1.29, 1.82) is 0 Å². The van der Waals surface area contributed by atoms with E-state index in [0.717, 1.165) is 66.5 Å². The van der Waals surface area contributed by atoms with Crippen LogP contribution in [0.5, 0.6) is 0 Å². The zero-order chi connectivity index (χ0) is 35.5. The van der Waals surface area contributed by atoms with E-state index in [-0.39, 0.29) is 19.2 Å². The first kappa shape index (κ1) is 30.3. The van der Waals surface area contributed by atoms with Gasteiger partial charge < -0.3 is 9.80 Å². The highest BCUT2D eigenvalue weighted by Gasteiger charge is 2.52. The van der Waals surface area contributed by atoms with E-state index < -0.39 is 0 Å². The van der Waals surface area contributed by atoms with Gasteiger partial charge in [0.2, 0.25) is 6.71 Å². The molecule has 0 spiro atoms. The molecule has 6 heteroatoms. The van der Waals surface area contributed by atoms with Gasteiger partial charge in [-0.15, -0.1) is 0 Å². The quantitative estimate of drug-likeness (QED) is 0.170. The number of fused-ring (bicyclic) bond motifs is 10. The molecule has 4 aliphatic rings. The number of nitrogens with zero attached hydrogens (tertiary/aromatic N) is 2. The van der Waals surface area contributed by atoms with Crippen molar-refractivity contribution in [3.63, 3.8) is 0 Å². The van der Waals surface area contributed by atoms with E-state index in [1.807, 2.05) is 0 Å². The van der Waals surface area contributed by atoms with Crippen LogP contribution in [0.25, 0.3) is 22.3 Å². The molecule has 0 atom stereocenters. The fraction of sp³-hybridized carbons (Fsp3) is 0. The number of para-hydroxylation sites is 4. The number of hydrogen-bond acceptors (Lipinski definition) is 3. The van der Waals surface area contributed by atoms with Crippen LogP contribution >= 0.6 is 11.8 Å². The van der Waals surface area contributed by atoms with Crippen LogP contribution in [-0.2, 0) is 0 Å². The minimum absolute atomic E-state index is 0.0901. The van der Waals surface area contributed by atoms with Crippen LogP contribution in [0.1, 0.15) is 0 Å². The van der Waals surface area contributed by atoms with Crippen molar-refractivity contribution < 1.29 is 4.39 Å². The Kier molecular flexibility index (Phi) is 6.38. The third-order valence-electron chi connectivity index (χ3n) is 11.8. The van der Waals surface area contributed by atoms with Gasteiger partial charge in [-0.1, -0.05) is 169 Å². The minimum Gasteiger partial charge on any atom is -0.312 e. The summed E-state index contributed by atoms with van der Waals surface area (Å²) < 4.78 is 18.7. The fourth-order valence-electron chi connectivity index (χ4n) is 9.70. The minimum atomic E-state index is -0.160. The third-order valence-corrected chi connectivity index (χ3v) is 13.0. The summed E-state index contributed by atoms with van der Waals surface area (Å²) in [5.74, 6) is -0.159. The summed E-state index contributed by atoms with van der Waals surface area (Å²) >= 11 is 1.58. The van der Waals surface area contributed by atoms with Crippen LogP contribution in [0, 0.1) is 5.82 Å². The van der Waals surface area contributed by atoms with Crippen molar-refractivity contribution in [2.75, 3.05) is 9.80 Å². The smallest absolute Gasteiger partial charge is 0.252 e. The second-order valence-corrected chi connectivity index (χ2v) is 15.5. The molecule has 0 aromatic heterocycles. The molecule has 0 amide bonds. The first-order chi connectivity index (χ1) is 26.8. The van der Waals surface area contributed by atoms with Gasteiger partial charge >= 0.3 is 0 Å². The maximum atomic E-state index is 18.7. The maximum Gasteiger partial charge on any atom is 0.252 e. The first-order valence-electron chi connectivity index (χ1n) is 18.5. The molecule has 0 saturated heterocycles. The van der Waals surface area contributed by atoms with Crippen LogP contribution in [0.2, 0.25) is 0 Å². The Morgan fingerprint density at radius 3 is 1.43 bits per heavy atom. The predicted molar refractivity (Wildman–Crippen MR) is 227 cm³/mol. The highest BCUT2D eigenvalue weighted by Crippen LogP contribution is 2.52. The summed E-state index contributed by atoms with van der Waals surface area (Å²) in [6.07, 6.45) is 0. The normalized spacial score (nSPS) is 13.8. The molecule has 2 nitrogen and oxygen atoms in total. The van der Waals surface area contributed by atoms with Crippen LogP contribution < -0.4 is 42.6 Å². The van der Waals surface area contributed by atoms with Gasteiger partial charge in [-0.3, -0.25) is 0 Å². The lowest BCUT2D eigenvalue weighted by molar-refractivity contribution is 0.606. The molecule has 12 rings (SSSR count). The predicted octanol–water partition coefficient (Wildman–Crippen LogP) is 8.54. The molecule has 0 unspecified atom stereocenters. The van der Waals surface area contributed by atoms with Crippen molar-refractivity contribution in [2.24, 2.45) is 0 Å². The zero-order valence-corrected chi connectivity index (χ0v) is 29.9. The highest BCUT2D eigenvalue weighted by atomic mass is 32.2. The van der Waals surface area contributed by atoms with Crippen LogP contribution in [0.4, 0.5) is 38.5 Å². The van der Waals surface area contributed by atoms with Gasteiger partial charge in [0, 0.05) is 43.7 Å². The second kappa shape index (κ2) is 11.4. The van der Waals surface area contributed by atoms with Gasteiger partial charge in [-0.25, -0.2) is 4.39 Å². The van der Waals surface area contributed by atoms with Crippen LogP contribution in [0.3, 0.4) is 0 Å². The van der Waals surface area contributed by atoms with Crippen molar-refractivity contribution in [3.05, 3.63) is 182 Å². The van der Waals surface area contributed by atoms with Crippen molar-refractivity contribution in [3.8, 4) is 22.3 Å². The average molecular weight is 706 g/mol. The van der Waals surface area contributed by atoms with E-state index in [2.05, 4.69) is 186 Å². The van der Waals surface area contributed by atoms with Gasteiger partial charge in [0.1, 0.15) is 0 Å². The van der Waals surface area contributed by atoms with Crippen molar-refractivity contribution in [1.82, 2.24) is 0 Å². The van der Waals surface area contributed by atoms with E-state index in [1.54, 1.807) is 11.8 Å². The average Bonchev–Trinajstić information content (AvgIpc) is 3.25. The van der Waals surface area contributed by atoms with Crippen molar-refractivity contribution in [2.45, 2.75) is 9.79 Å². The van der Waals surface area contributed by atoms with Gasteiger partial charge in [0.15, 0.2) is 5.82 Å². The van der Waals surface area contributed by atoms with E-state index in [1.165, 1.54) is 21.9 Å². The van der Waals surface area contributed by atoms with Gasteiger partial charge in [-0.2, -0.15) is 0 Å². The monoisotopic (exact) mass is 706 g/mol. The summed E-state index contributed by atoms with van der Waals surface area (Å²) in [6, 6.07) is 62.5. The molecule has 0 bridgehead atoms. The highest BCUT2D eigenvalue weighted by molar-refractivity contribution is 8.00. The van der Waals surface area contributed by atoms with Crippen LogP contribution in [-0.4, -0.2) is 13.4 Å². The molecule has 0 fully saturated rings. The van der Waals surface area contributed by atoms with Gasteiger partial charge in [0.25, 0.3) is 6.71 Å². The second-order valence-electron chi connectivity index (χ2n) is 14.5. The van der Waals surface area contributed by atoms with Crippen molar-refractivity contribution >= 4 is 92.1 Å². The fourth-order valence-corrected chi connectivity index (χ4v) is 10.9. The molecule has 4 heterocycles. The number of anilines is 6. The molecule has 8 aromatic carbocycles. The Morgan fingerprint density at radius 2 is 0.852 bits per heavy atom. The third kappa shape index (κ3) is 3.98. The lowest BCUT2D eigenvalue weighted by Crippen LogP contribution is -2.68. The molecular weight excluding hydrogens is 677 g/mol. The summed E-state index contributed by atoms with van der Waals surface area (Å²) in [5.41, 5.74) is 17.2. The van der Waals surface area contributed by atoms with E-state index >= 15 is 4.39 Å². The van der Waals surface area contributed by atoms with Crippen LogP contribution in [0.15, 0.2) is 186 Å². The number of benzene rings is 8. The molecule has 8 aromatic rings. The van der Waals surface area contributed by atoms with E-state index in [4.69, 9.17) is 0 Å². The van der Waals surface area contributed by atoms with Gasteiger partial charge in [-0.05, 0) is 62.7 Å². The van der Waals surface area contributed by atoms with E-state index in [9.17, 15) is 0 Å². The van der Waals surface area contributed by atoms with E-state index in [0.29, 0.717) is 10.6 Å². The molecule has 0 radical (unpaired) electrons. The molecule has 4 aliphatic heterocycles. The Morgan fingerprint density at radius 1 is 0.389 bits per heavy atom. The SMILES string of the molecule is Fc1c2c3c4c5c1N(c1c(-c6ccccc6)cccc1-c1ccccc1)c1ccccc1B5c1ccccc1N4c1ccccc1B3c1ccccc1S2. The maximum absolute atomic E-state index is 18.7. The largest absolute Gasteiger partial charge is 0.312 e. The molecule has 0 N–H and O–H groups in total. The molecule has 0 saturated carbocycles. The summed E-state index contributed by atoms with van der Waals surface area (Å²) in [7, 11) is 0. The Hall–Kier alpha value is -6.23. The Bertz CT molecular complexity index is 2790. The standard InChI is InChI=1S/C48H29B2FN2S/c51-44-47-42-46-43-48(44)54-41-29-14-10-25-37(41)50(43)35-23-8-12-27-39(35)52(46)38-26-11-7-22-34(38)49(42)36-24-9-13-28-40(36)53(47)45-32(30-16-3-1-4-17-30)20-15-21-33(45)31-18-5-2-6-19-31/h1-29H. The Labute approximate surface area is 318 Å². The molecule has 54 heavy (non-hydrogen) atoms. The summed E-state index contributed by atoms with van der Waals surface area (Å²) in [6.45, 7) is -0.250. The first-order valence-corrected chi connectivity index (χ1v) is 19.4. The zero-order valence-electron chi connectivity index (χ0n) is 29.1. The van der Waals surface area contributed by atoms with Gasteiger partial charge in [0.05, 0.1) is 11.4 Å². The molecular formula is C48H29B2FN2S. The lowest BCUT2D eigenvalue weighted by Gasteiger charge is -2.49. The lowest BCUT2D eigenvalue weighted by atomic mass is 9.29. The summed E-state index contributed by atoms with van der Waals surface area (Å²) in [4.78, 5) is 6.56. The summed E-state index contributed by atoms with van der Waals surface area (Å²) in [5, 5.41) is 0. The molecule has 0 aliphatic carbocycles. The number of hydrogen-bond donors (Lipinski definition) is 0. The number of halogens is 1. The molecule has 250 valence electrons. The Balaban J connectivity index is 1.27.